The third kappa shape index (κ3) is 1.67. The summed E-state index contributed by atoms with van der Waals surface area (Å²) in [6, 6.07) is 0.502. The SMILES string of the molecule is COC1(C=O)CCN(C(C)C)C1. The molecule has 0 amide bonds. The van der Waals surface area contributed by atoms with E-state index in [1.165, 1.54) is 0 Å². The van der Waals surface area contributed by atoms with Crippen LogP contribution >= 0.6 is 0 Å². The van der Waals surface area contributed by atoms with Crippen molar-refractivity contribution < 1.29 is 9.53 Å². The summed E-state index contributed by atoms with van der Waals surface area (Å²) in [5.74, 6) is 0. The van der Waals surface area contributed by atoms with Crippen molar-refractivity contribution in [3.05, 3.63) is 0 Å². The van der Waals surface area contributed by atoms with E-state index < -0.39 is 5.60 Å². The molecule has 1 aliphatic heterocycles. The number of likely N-dealkylation sites (tertiary alicyclic amines) is 1. The Bertz CT molecular complexity index is 170. The first-order valence-corrected chi connectivity index (χ1v) is 4.39. The third-order valence-electron chi connectivity index (χ3n) is 2.64. The van der Waals surface area contributed by atoms with Crippen LogP contribution in [0.25, 0.3) is 0 Å². The van der Waals surface area contributed by atoms with Gasteiger partial charge in [-0.05, 0) is 20.3 Å². The van der Waals surface area contributed by atoms with Gasteiger partial charge in [0, 0.05) is 26.2 Å². The molecule has 70 valence electrons. The van der Waals surface area contributed by atoms with E-state index in [0.29, 0.717) is 6.04 Å². The molecule has 1 rings (SSSR count). The lowest BCUT2D eigenvalue weighted by Crippen LogP contribution is -2.38. The molecule has 1 unspecified atom stereocenters. The highest BCUT2D eigenvalue weighted by Crippen LogP contribution is 2.23. The fourth-order valence-electron chi connectivity index (χ4n) is 1.59. The van der Waals surface area contributed by atoms with Gasteiger partial charge in [-0.25, -0.2) is 0 Å². The second-order valence-electron chi connectivity index (χ2n) is 3.70. The van der Waals surface area contributed by atoms with Crippen molar-refractivity contribution >= 4 is 6.29 Å². The molecule has 1 saturated heterocycles. The number of methoxy groups -OCH3 is 1. The molecule has 0 aliphatic carbocycles. The summed E-state index contributed by atoms with van der Waals surface area (Å²) in [7, 11) is 1.61. The van der Waals surface area contributed by atoms with Crippen molar-refractivity contribution in [3.63, 3.8) is 0 Å². The van der Waals surface area contributed by atoms with Crippen LogP contribution in [0.3, 0.4) is 0 Å². The molecular formula is C9H17NO2. The number of ether oxygens (including phenoxy) is 1. The van der Waals surface area contributed by atoms with E-state index in [0.717, 1.165) is 25.8 Å². The van der Waals surface area contributed by atoms with Crippen molar-refractivity contribution in [2.45, 2.75) is 31.9 Å². The van der Waals surface area contributed by atoms with Crippen LogP contribution in [0, 0.1) is 0 Å². The first kappa shape index (κ1) is 9.68. The lowest BCUT2D eigenvalue weighted by Gasteiger charge is -2.23. The first-order chi connectivity index (χ1) is 5.63. The fraction of sp³-hybridized carbons (Fsp3) is 0.889. The summed E-state index contributed by atoms with van der Waals surface area (Å²) in [6.45, 7) is 5.97. The Labute approximate surface area is 73.7 Å². The molecule has 0 aromatic heterocycles. The van der Waals surface area contributed by atoms with Gasteiger partial charge in [0.05, 0.1) is 0 Å². The molecule has 1 aliphatic rings. The van der Waals surface area contributed by atoms with Gasteiger partial charge >= 0.3 is 0 Å². The van der Waals surface area contributed by atoms with E-state index in [1.807, 2.05) is 0 Å². The average Bonchev–Trinajstić information content (AvgIpc) is 2.49. The van der Waals surface area contributed by atoms with Crippen molar-refractivity contribution in [3.8, 4) is 0 Å². The minimum atomic E-state index is -0.524. The van der Waals surface area contributed by atoms with Crippen LogP contribution in [-0.4, -0.2) is 43.0 Å². The Hall–Kier alpha value is -0.410. The molecule has 3 nitrogen and oxygen atoms in total. The van der Waals surface area contributed by atoms with Gasteiger partial charge < -0.3 is 9.53 Å². The van der Waals surface area contributed by atoms with Crippen LogP contribution in [-0.2, 0) is 9.53 Å². The molecule has 0 N–H and O–H groups in total. The van der Waals surface area contributed by atoms with Gasteiger partial charge in [-0.1, -0.05) is 0 Å². The Morgan fingerprint density at radius 1 is 1.58 bits per heavy atom. The molecule has 0 aromatic carbocycles. The van der Waals surface area contributed by atoms with Gasteiger partial charge in [0.25, 0.3) is 0 Å². The minimum absolute atomic E-state index is 0.502. The highest BCUT2D eigenvalue weighted by Gasteiger charge is 2.38. The van der Waals surface area contributed by atoms with Crippen molar-refractivity contribution in [2.24, 2.45) is 0 Å². The monoisotopic (exact) mass is 171 g/mol. The Morgan fingerprint density at radius 2 is 2.25 bits per heavy atom. The summed E-state index contributed by atoms with van der Waals surface area (Å²) < 4.78 is 5.22. The summed E-state index contributed by atoms with van der Waals surface area (Å²) in [5.41, 5.74) is -0.524. The second kappa shape index (κ2) is 3.54. The van der Waals surface area contributed by atoms with Crippen LogP contribution in [0.1, 0.15) is 20.3 Å². The van der Waals surface area contributed by atoms with Gasteiger partial charge in [-0.3, -0.25) is 4.90 Å². The number of hydrogen-bond acceptors (Lipinski definition) is 3. The van der Waals surface area contributed by atoms with E-state index in [4.69, 9.17) is 4.74 Å². The molecule has 1 fully saturated rings. The topological polar surface area (TPSA) is 29.5 Å². The largest absolute Gasteiger partial charge is 0.369 e. The number of aldehydes is 1. The van der Waals surface area contributed by atoms with E-state index in [2.05, 4.69) is 18.7 Å². The zero-order chi connectivity index (χ0) is 9.19. The predicted octanol–water partition coefficient (Wildman–Crippen LogP) is 0.685. The van der Waals surface area contributed by atoms with Crippen molar-refractivity contribution in [1.82, 2.24) is 4.90 Å². The van der Waals surface area contributed by atoms with Gasteiger partial charge in [0.1, 0.15) is 5.60 Å². The average molecular weight is 171 g/mol. The smallest absolute Gasteiger partial charge is 0.153 e. The zero-order valence-corrected chi connectivity index (χ0v) is 8.04. The summed E-state index contributed by atoms with van der Waals surface area (Å²) >= 11 is 0. The molecule has 3 heteroatoms. The minimum Gasteiger partial charge on any atom is -0.369 e. The van der Waals surface area contributed by atoms with Crippen LogP contribution in [0.15, 0.2) is 0 Å². The van der Waals surface area contributed by atoms with Crippen LogP contribution in [0.2, 0.25) is 0 Å². The highest BCUT2D eigenvalue weighted by atomic mass is 16.5. The van der Waals surface area contributed by atoms with E-state index in [9.17, 15) is 4.79 Å². The van der Waals surface area contributed by atoms with Gasteiger partial charge in [0.2, 0.25) is 0 Å². The maximum Gasteiger partial charge on any atom is 0.153 e. The van der Waals surface area contributed by atoms with Crippen molar-refractivity contribution in [1.29, 1.82) is 0 Å². The third-order valence-corrected chi connectivity index (χ3v) is 2.64. The van der Waals surface area contributed by atoms with E-state index in [-0.39, 0.29) is 0 Å². The molecule has 1 atom stereocenters. The van der Waals surface area contributed by atoms with Gasteiger partial charge in [-0.15, -0.1) is 0 Å². The van der Waals surface area contributed by atoms with Crippen molar-refractivity contribution in [2.75, 3.05) is 20.2 Å². The zero-order valence-electron chi connectivity index (χ0n) is 8.04. The Balaban J connectivity index is 2.58. The quantitative estimate of drug-likeness (QED) is 0.585. The van der Waals surface area contributed by atoms with E-state index in [1.54, 1.807) is 7.11 Å². The molecular weight excluding hydrogens is 154 g/mol. The molecule has 0 spiro atoms. The maximum absolute atomic E-state index is 10.8. The molecule has 12 heavy (non-hydrogen) atoms. The first-order valence-electron chi connectivity index (χ1n) is 4.39. The van der Waals surface area contributed by atoms with Gasteiger partial charge in [0.15, 0.2) is 6.29 Å². The number of rotatable bonds is 3. The lowest BCUT2D eigenvalue weighted by atomic mass is 10.1. The number of nitrogens with zero attached hydrogens (tertiary/aromatic N) is 1. The Kier molecular flexibility index (Phi) is 2.85. The highest BCUT2D eigenvalue weighted by molar-refractivity contribution is 5.63. The van der Waals surface area contributed by atoms with Crippen LogP contribution in [0.5, 0.6) is 0 Å². The maximum atomic E-state index is 10.8. The molecule has 0 radical (unpaired) electrons. The normalized spacial score (nSPS) is 31.3. The molecule has 0 saturated carbocycles. The molecule has 0 bridgehead atoms. The van der Waals surface area contributed by atoms with E-state index >= 15 is 0 Å². The number of carbonyl (C=O) groups excluding carboxylic acids is 1. The Morgan fingerprint density at radius 3 is 2.50 bits per heavy atom. The molecule has 0 aromatic rings. The summed E-state index contributed by atoms with van der Waals surface area (Å²) in [5, 5.41) is 0. The predicted molar refractivity (Wildman–Crippen MR) is 47.1 cm³/mol. The standard InChI is InChI=1S/C9H17NO2/c1-8(2)10-5-4-9(6-10,7-11)12-3/h7-8H,4-6H2,1-3H3. The lowest BCUT2D eigenvalue weighted by molar-refractivity contribution is -0.126. The fourth-order valence-corrected chi connectivity index (χ4v) is 1.59. The van der Waals surface area contributed by atoms with Gasteiger partial charge in [-0.2, -0.15) is 0 Å². The second-order valence-corrected chi connectivity index (χ2v) is 3.70. The summed E-state index contributed by atoms with van der Waals surface area (Å²) in [4.78, 5) is 13.0. The molecule has 1 heterocycles. The van der Waals surface area contributed by atoms with Crippen LogP contribution < -0.4 is 0 Å². The summed E-state index contributed by atoms with van der Waals surface area (Å²) in [6.07, 6.45) is 1.76. The number of hydrogen-bond donors (Lipinski definition) is 0. The number of carbonyl (C=O) groups is 1. The van der Waals surface area contributed by atoms with Crippen LogP contribution in [0.4, 0.5) is 0 Å².